The van der Waals surface area contributed by atoms with Crippen LogP contribution in [-0.2, 0) is 10.0 Å². The molecule has 0 bridgehead atoms. The first-order valence-electron chi connectivity index (χ1n) is 7.84. The summed E-state index contributed by atoms with van der Waals surface area (Å²) in [4.78, 5) is 12.5. The molecule has 2 aromatic heterocycles. The molecule has 0 fully saturated rings. The second-order valence-electron chi connectivity index (χ2n) is 5.87. The van der Waals surface area contributed by atoms with Crippen LogP contribution in [0.2, 0.25) is 10.3 Å². The van der Waals surface area contributed by atoms with Crippen molar-refractivity contribution in [3.63, 3.8) is 0 Å². The Kier molecular flexibility index (Phi) is 4.38. The molecular formula is C18H12Cl2N4O2S. The van der Waals surface area contributed by atoms with Crippen LogP contribution in [-0.4, -0.2) is 27.3 Å². The van der Waals surface area contributed by atoms with Crippen LogP contribution in [0.1, 0.15) is 5.56 Å². The Balaban J connectivity index is 1.93. The summed E-state index contributed by atoms with van der Waals surface area (Å²) in [6.07, 6.45) is 2.67. The number of hydrogen-bond acceptors (Lipinski definition) is 5. The first-order chi connectivity index (χ1) is 12.9. The van der Waals surface area contributed by atoms with Gasteiger partial charge in [-0.05, 0) is 36.7 Å². The van der Waals surface area contributed by atoms with Crippen molar-refractivity contribution in [3.8, 4) is 11.3 Å². The predicted octanol–water partition coefficient (Wildman–Crippen LogP) is 4.35. The fourth-order valence-corrected chi connectivity index (χ4v) is 4.37. The maximum atomic E-state index is 13.0. The number of nitrogens with zero attached hydrogens (tertiary/aromatic N) is 4. The normalized spacial score (nSPS) is 11.8. The third kappa shape index (κ3) is 3.07. The van der Waals surface area contributed by atoms with E-state index in [1.807, 2.05) is 6.92 Å². The van der Waals surface area contributed by atoms with Crippen LogP contribution < -0.4 is 0 Å². The van der Waals surface area contributed by atoms with Gasteiger partial charge in [0, 0.05) is 5.56 Å². The number of para-hydroxylation sites is 1. The summed E-state index contributed by atoms with van der Waals surface area (Å²) in [7, 11) is -3.79. The first-order valence-corrected chi connectivity index (χ1v) is 10.0. The lowest BCUT2D eigenvalue weighted by molar-refractivity contribution is 0.588. The molecule has 2 heterocycles. The maximum Gasteiger partial charge on any atom is 0.269 e. The van der Waals surface area contributed by atoms with E-state index in [1.54, 1.807) is 42.5 Å². The zero-order valence-electron chi connectivity index (χ0n) is 14.0. The van der Waals surface area contributed by atoms with Crippen LogP contribution in [0.15, 0.2) is 59.9 Å². The van der Waals surface area contributed by atoms with Crippen molar-refractivity contribution in [2.24, 2.45) is 0 Å². The van der Waals surface area contributed by atoms with Crippen molar-refractivity contribution in [3.05, 3.63) is 70.9 Å². The number of halogens is 2. The second kappa shape index (κ2) is 6.60. The van der Waals surface area contributed by atoms with Crippen molar-refractivity contribution in [1.29, 1.82) is 0 Å². The number of aryl methyl sites for hydroxylation is 1. The average molecular weight is 419 g/mol. The van der Waals surface area contributed by atoms with E-state index in [-0.39, 0.29) is 10.2 Å². The number of benzene rings is 2. The fourth-order valence-electron chi connectivity index (χ4n) is 2.76. The zero-order chi connectivity index (χ0) is 19.2. The van der Waals surface area contributed by atoms with Crippen molar-refractivity contribution in [2.45, 2.75) is 11.8 Å². The maximum absolute atomic E-state index is 13.0. The van der Waals surface area contributed by atoms with Crippen LogP contribution in [0.5, 0.6) is 0 Å². The van der Waals surface area contributed by atoms with Crippen molar-refractivity contribution < 1.29 is 8.42 Å². The summed E-state index contributed by atoms with van der Waals surface area (Å²) in [6.45, 7) is 1.89. The van der Waals surface area contributed by atoms with Gasteiger partial charge < -0.3 is 0 Å². The third-order valence-electron chi connectivity index (χ3n) is 4.09. The molecule has 0 amide bonds. The molecule has 0 saturated heterocycles. The lowest BCUT2D eigenvalue weighted by Gasteiger charge is -2.08. The van der Waals surface area contributed by atoms with Crippen LogP contribution in [0.4, 0.5) is 0 Å². The molecule has 9 heteroatoms. The van der Waals surface area contributed by atoms with Crippen LogP contribution in [0.3, 0.4) is 0 Å². The largest absolute Gasteiger partial charge is 0.269 e. The molecule has 0 spiro atoms. The van der Waals surface area contributed by atoms with Gasteiger partial charge in [-0.25, -0.2) is 27.3 Å². The smallest absolute Gasteiger partial charge is 0.235 e. The number of imidazole rings is 1. The van der Waals surface area contributed by atoms with E-state index in [9.17, 15) is 8.42 Å². The first kappa shape index (κ1) is 17.9. The molecule has 0 saturated carbocycles. The standard InChI is InChI=1S/C18H12Cl2N4O2S/c1-11-5-7-12(8-6-11)27(25,26)24-10-22-17-13(3-2-4-15(17)24)16-14(19)9-21-18(20)23-16/h2-10H,1H3. The van der Waals surface area contributed by atoms with E-state index in [2.05, 4.69) is 15.0 Å². The van der Waals surface area contributed by atoms with E-state index < -0.39 is 10.0 Å². The summed E-state index contributed by atoms with van der Waals surface area (Å²) < 4.78 is 27.2. The lowest BCUT2D eigenvalue weighted by Crippen LogP contribution is -2.11. The summed E-state index contributed by atoms with van der Waals surface area (Å²) in [5.74, 6) is 0. The van der Waals surface area contributed by atoms with Crippen LogP contribution in [0.25, 0.3) is 22.3 Å². The lowest BCUT2D eigenvalue weighted by atomic mass is 10.1. The second-order valence-corrected chi connectivity index (χ2v) is 8.43. The Morgan fingerprint density at radius 1 is 1.00 bits per heavy atom. The molecule has 0 radical (unpaired) electrons. The minimum atomic E-state index is -3.79. The molecule has 0 atom stereocenters. The minimum absolute atomic E-state index is 0.0399. The molecule has 136 valence electrons. The van der Waals surface area contributed by atoms with Gasteiger partial charge in [0.2, 0.25) is 5.28 Å². The number of hydrogen-bond donors (Lipinski definition) is 0. The number of rotatable bonds is 3. The Morgan fingerprint density at radius 3 is 2.48 bits per heavy atom. The fraction of sp³-hybridized carbons (Fsp3) is 0.0556. The van der Waals surface area contributed by atoms with E-state index in [1.165, 1.54) is 12.5 Å². The Labute approximate surface area is 165 Å². The number of fused-ring (bicyclic) bond motifs is 1. The highest BCUT2D eigenvalue weighted by Crippen LogP contribution is 2.32. The summed E-state index contributed by atoms with van der Waals surface area (Å²) in [5.41, 5.74) is 2.80. The van der Waals surface area contributed by atoms with Crippen LogP contribution in [0, 0.1) is 6.92 Å². The van der Waals surface area contributed by atoms with Gasteiger partial charge in [0.25, 0.3) is 10.0 Å². The molecule has 27 heavy (non-hydrogen) atoms. The van der Waals surface area contributed by atoms with Crippen molar-refractivity contribution in [2.75, 3.05) is 0 Å². The van der Waals surface area contributed by atoms with Crippen molar-refractivity contribution >= 4 is 44.3 Å². The molecule has 0 unspecified atom stereocenters. The van der Waals surface area contributed by atoms with Gasteiger partial charge in [-0.2, -0.15) is 0 Å². The van der Waals surface area contributed by atoms with E-state index in [0.29, 0.717) is 27.3 Å². The van der Waals surface area contributed by atoms with Crippen molar-refractivity contribution in [1.82, 2.24) is 18.9 Å². The Bertz CT molecular complexity index is 1270. The Hall–Kier alpha value is -2.48. The van der Waals surface area contributed by atoms with E-state index in [4.69, 9.17) is 23.2 Å². The highest BCUT2D eigenvalue weighted by atomic mass is 35.5. The zero-order valence-corrected chi connectivity index (χ0v) is 16.3. The molecule has 6 nitrogen and oxygen atoms in total. The molecular weight excluding hydrogens is 407 g/mol. The molecule has 0 aliphatic rings. The highest BCUT2D eigenvalue weighted by Gasteiger charge is 2.21. The topological polar surface area (TPSA) is 77.7 Å². The molecule has 4 rings (SSSR count). The van der Waals surface area contributed by atoms with Crippen LogP contribution >= 0.6 is 23.2 Å². The predicted molar refractivity (Wildman–Crippen MR) is 105 cm³/mol. The van der Waals surface area contributed by atoms with Gasteiger partial charge in [-0.3, -0.25) is 0 Å². The van der Waals surface area contributed by atoms with Gasteiger partial charge >= 0.3 is 0 Å². The molecule has 4 aromatic rings. The summed E-state index contributed by atoms with van der Waals surface area (Å²) in [5, 5.41) is 0.334. The van der Waals surface area contributed by atoms with Gasteiger partial charge in [0.05, 0.1) is 32.8 Å². The molecule has 0 aliphatic heterocycles. The van der Waals surface area contributed by atoms with Gasteiger partial charge in [-0.15, -0.1) is 0 Å². The summed E-state index contributed by atoms with van der Waals surface area (Å²) >= 11 is 12.1. The average Bonchev–Trinajstić information content (AvgIpc) is 3.09. The minimum Gasteiger partial charge on any atom is -0.235 e. The van der Waals surface area contributed by atoms with E-state index in [0.717, 1.165) is 9.54 Å². The number of aromatic nitrogens is 4. The van der Waals surface area contributed by atoms with E-state index >= 15 is 0 Å². The molecule has 2 aromatic carbocycles. The summed E-state index contributed by atoms with van der Waals surface area (Å²) in [6, 6.07) is 11.8. The van der Waals surface area contributed by atoms with Gasteiger partial charge in [0.15, 0.2) is 0 Å². The SMILES string of the molecule is Cc1ccc(S(=O)(=O)n2cnc3c(-c4nc(Cl)ncc4Cl)cccc32)cc1. The molecule has 0 aliphatic carbocycles. The van der Waals surface area contributed by atoms with Gasteiger partial charge in [-0.1, -0.05) is 41.4 Å². The van der Waals surface area contributed by atoms with Gasteiger partial charge in [0.1, 0.15) is 6.33 Å². The molecule has 0 N–H and O–H groups in total. The quantitative estimate of drug-likeness (QED) is 0.462. The highest BCUT2D eigenvalue weighted by molar-refractivity contribution is 7.90. The third-order valence-corrected chi connectivity index (χ3v) is 6.23. The monoisotopic (exact) mass is 418 g/mol. The Morgan fingerprint density at radius 2 is 1.74 bits per heavy atom.